The van der Waals surface area contributed by atoms with E-state index in [2.05, 4.69) is 33.4 Å². The molecular formula is C26H33N5O. The molecule has 3 aromatic rings. The summed E-state index contributed by atoms with van der Waals surface area (Å²) in [7, 11) is 0. The Morgan fingerprint density at radius 2 is 1.78 bits per heavy atom. The van der Waals surface area contributed by atoms with Gasteiger partial charge in [0, 0.05) is 33.8 Å². The Kier molecular flexibility index (Phi) is 5.81. The standard InChI is InChI=1S/C26H33N5O/c27-23(20-3-1-2-4-25(20)32)16-22-21-15-18(5-6-24(21)30-26(22)28)17-9-13-31(14-10-17)19-7-11-29-12-8-19/h1-6,15-17,19,29-30,32H,7-14,27-28H2/b23-16-. The molecule has 2 aromatic carbocycles. The zero-order valence-electron chi connectivity index (χ0n) is 18.5. The van der Waals surface area contributed by atoms with Gasteiger partial charge in [-0.25, -0.2) is 0 Å². The number of nitrogens with zero attached hydrogens (tertiary/aromatic N) is 1. The quantitative estimate of drug-likeness (QED) is 0.432. The largest absolute Gasteiger partial charge is 0.507 e. The number of benzene rings is 2. The third-order valence-corrected chi connectivity index (χ3v) is 7.23. The molecule has 2 aliphatic rings. The summed E-state index contributed by atoms with van der Waals surface area (Å²) in [5.74, 6) is 1.33. The highest BCUT2D eigenvalue weighted by Gasteiger charge is 2.27. The number of H-pyrrole nitrogens is 1. The van der Waals surface area contributed by atoms with Gasteiger partial charge in [-0.3, -0.25) is 0 Å². The molecule has 2 saturated heterocycles. The number of aromatic nitrogens is 1. The predicted molar refractivity (Wildman–Crippen MR) is 132 cm³/mol. The SMILES string of the molecule is N/C(=C\c1c(N)[nH]c2ccc(C3CCN(C4CCNCC4)CC3)cc12)c1ccccc1O. The maximum absolute atomic E-state index is 10.2. The number of anilines is 1. The molecule has 6 heteroatoms. The van der Waals surface area contributed by atoms with E-state index < -0.39 is 0 Å². The summed E-state index contributed by atoms with van der Waals surface area (Å²) < 4.78 is 0. The number of phenols is 1. The molecule has 5 rings (SSSR count). The van der Waals surface area contributed by atoms with Gasteiger partial charge >= 0.3 is 0 Å². The van der Waals surface area contributed by atoms with Crippen LogP contribution in [-0.2, 0) is 0 Å². The van der Waals surface area contributed by atoms with Crippen LogP contribution in [0.4, 0.5) is 5.82 Å². The maximum atomic E-state index is 10.2. The molecule has 0 radical (unpaired) electrons. The van der Waals surface area contributed by atoms with Crippen LogP contribution in [0.15, 0.2) is 42.5 Å². The molecule has 1 aromatic heterocycles. The van der Waals surface area contributed by atoms with Crippen LogP contribution in [0.3, 0.4) is 0 Å². The lowest BCUT2D eigenvalue weighted by atomic mass is 9.87. The van der Waals surface area contributed by atoms with Gasteiger partial charge in [0.05, 0.1) is 0 Å². The van der Waals surface area contributed by atoms with E-state index in [0.717, 1.165) is 35.6 Å². The number of rotatable bonds is 4. The van der Waals surface area contributed by atoms with Gasteiger partial charge in [-0.15, -0.1) is 0 Å². The molecule has 0 unspecified atom stereocenters. The number of nitrogen functional groups attached to an aromatic ring is 1. The smallest absolute Gasteiger partial charge is 0.124 e. The molecule has 0 amide bonds. The van der Waals surface area contributed by atoms with Crippen molar-refractivity contribution in [3.8, 4) is 5.75 Å². The minimum atomic E-state index is 0.167. The van der Waals surface area contributed by atoms with E-state index in [1.165, 1.54) is 44.3 Å². The number of aromatic hydroxyl groups is 1. The van der Waals surface area contributed by atoms with Crippen LogP contribution in [-0.4, -0.2) is 47.2 Å². The molecule has 2 aliphatic heterocycles. The van der Waals surface area contributed by atoms with Crippen LogP contribution in [0.5, 0.6) is 5.75 Å². The fraction of sp³-hybridized carbons (Fsp3) is 0.385. The highest BCUT2D eigenvalue weighted by molar-refractivity contribution is 5.99. The van der Waals surface area contributed by atoms with Crippen molar-refractivity contribution in [2.75, 3.05) is 31.9 Å². The van der Waals surface area contributed by atoms with Gasteiger partial charge in [-0.05, 0) is 93.7 Å². The first-order chi connectivity index (χ1) is 15.6. The van der Waals surface area contributed by atoms with E-state index in [0.29, 0.717) is 23.0 Å². The third kappa shape index (κ3) is 4.08. The van der Waals surface area contributed by atoms with Gasteiger partial charge in [0.2, 0.25) is 0 Å². The Hall–Kier alpha value is -2.96. The van der Waals surface area contributed by atoms with E-state index in [1.807, 2.05) is 18.2 Å². The van der Waals surface area contributed by atoms with Crippen LogP contribution >= 0.6 is 0 Å². The fourth-order valence-electron chi connectivity index (χ4n) is 5.38. The third-order valence-electron chi connectivity index (χ3n) is 7.23. The van der Waals surface area contributed by atoms with Crippen molar-refractivity contribution < 1.29 is 5.11 Å². The lowest BCUT2D eigenvalue weighted by Crippen LogP contribution is -2.46. The van der Waals surface area contributed by atoms with Crippen LogP contribution in [0.25, 0.3) is 22.7 Å². The summed E-state index contributed by atoms with van der Waals surface area (Å²) in [6.07, 6.45) is 6.80. The molecule has 0 aliphatic carbocycles. The number of para-hydroxylation sites is 1. The zero-order valence-corrected chi connectivity index (χ0v) is 18.5. The van der Waals surface area contributed by atoms with Crippen molar-refractivity contribution in [3.05, 3.63) is 59.2 Å². The molecular weight excluding hydrogens is 398 g/mol. The number of hydrogen-bond donors (Lipinski definition) is 5. The summed E-state index contributed by atoms with van der Waals surface area (Å²) in [4.78, 5) is 5.98. The first-order valence-electron chi connectivity index (χ1n) is 11.7. The first kappa shape index (κ1) is 20.9. The fourth-order valence-corrected chi connectivity index (χ4v) is 5.38. The summed E-state index contributed by atoms with van der Waals surface area (Å²) in [5, 5.41) is 14.7. The average Bonchev–Trinajstić information content (AvgIpc) is 3.14. The lowest BCUT2D eigenvalue weighted by molar-refractivity contribution is 0.127. The minimum Gasteiger partial charge on any atom is -0.507 e. The van der Waals surface area contributed by atoms with Crippen LogP contribution in [0.2, 0.25) is 0 Å². The van der Waals surface area contributed by atoms with Crippen molar-refractivity contribution in [2.45, 2.75) is 37.6 Å². The summed E-state index contributed by atoms with van der Waals surface area (Å²) in [6.45, 7) is 4.65. The second-order valence-corrected chi connectivity index (χ2v) is 9.17. The molecule has 32 heavy (non-hydrogen) atoms. The number of nitrogens with one attached hydrogen (secondary N) is 2. The van der Waals surface area contributed by atoms with Gasteiger partial charge < -0.3 is 31.8 Å². The van der Waals surface area contributed by atoms with E-state index in [1.54, 1.807) is 12.1 Å². The Balaban J connectivity index is 1.38. The minimum absolute atomic E-state index is 0.167. The molecule has 0 saturated carbocycles. The van der Waals surface area contributed by atoms with Crippen molar-refractivity contribution in [3.63, 3.8) is 0 Å². The Labute approximate surface area is 189 Å². The number of fused-ring (bicyclic) bond motifs is 1. The Morgan fingerprint density at radius 3 is 2.53 bits per heavy atom. The van der Waals surface area contributed by atoms with Gasteiger partial charge in [-0.1, -0.05) is 18.2 Å². The summed E-state index contributed by atoms with van der Waals surface area (Å²) in [6, 6.07) is 14.5. The molecule has 0 spiro atoms. The number of piperidine rings is 2. The highest BCUT2D eigenvalue weighted by Crippen LogP contribution is 2.35. The van der Waals surface area contributed by atoms with E-state index >= 15 is 0 Å². The maximum Gasteiger partial charge on any atom is 0.124 e. The van der Waals surface area contributed by atoms with E-state index in [-0.39, 0.29) is 5.75 Å². The number of hydrogen-bond acceptors (Lipinski definition) is 5. The molecule has 0 atom stereocenters. The molecule has 6 nitrogen and oxygen atoms in total. The first-order valence-corrected chi connectivity index (χ1v) is 11.7. The van der Waals surface area contributed by atoms with Crippen molar-refractivity contribution in [1.82, 2.24) is 15.2 Å². The van der Waals surface area contributed by atoms with Gasteiger partial charge in [-0.2, -0.15) is 0 Å². The van der Waals surface area contributed by atoms with Crippen molar-refractivity contribution in [2.24, 2.45) is 5.73 Å². The predicted octanol–water partition coefficient (Wildman–Crippen LogP) is 3.84. The number of aromatic amines is 1. The van der Waals surface area contributed by atoms with Gasteiger partial charge in [0.15, 0.2) is 0 Å². The number of nitrogens with two attached hydrogens (primary N) is 2. The lowest BCUT2D eigenvalue weighted by Gasteiger charge is -2.39. The number of likely N-dealkylation sites (tertiary alicyclic amines) is 1. The van der Waals surface area contributed by atoms with Crippen LogP contribution < -0.4 is 16.8 Å². The Morgan fingerprint density at radius 1 is 1.03 bits per heavy atom. The van der Waals surface area contributed by atoms with E-state index in [9.17, 15) is 5.11 Å². The monoisotopic (exact) mass is 431 g/mol. The molecule has 2 fully saturated rings. The molecule has 0 bridgehead atoms. The molecule has 7 N–H and O–H groups in total. The zero-order chi connectivity index (χ0) is 22.1. The van der Waals surface area contributed by atoms with Crippen LogP contribution in [0.1, 0.15) is 48.3 Å². The average molecular weight is 432 g/mol. The van der Waals surface area contributed by atoms with Crippen LogP contribution in [0, 0.1) is 0 Å². The summed E-state index contributed by atoms with van der Waals surface area (Å²) >= 11 is 0. The summed E-state index contributed by atoms with van der Waals surface area (Å²) in [5.41, 5.74) is 17.0. The van der Waals surface area contributed by atoms with Gasteiger partial charge in [0.1, 0.15) is 11.6 Å². The topological polar surface area (TPSA) is 103 Å². The van der Waals surface area contributed by atoms with Gasteiger partial charge in [0.25, 0.3) is 0 Å². The normalized spacial score (nSPS) is 19.6. The molecule has 3 heterocycles. The number of phenolic OH excluding ortho intramolecular Hbond substituents is 1. The molecule has 168 valence electrons. The van der Waals surface area contributed by atoms with E-state index in [4.69, 9.17) is 11.5 Å². The second-order valence-electron chi connectivity index (χ2n) is 9.17. The van der Waals surface area contributed by atoms with Crippen molar-refractivity contribution >= 4 is 28.5 Å². The highest BCUT2D eigenvalue weighted by atomic mass is 16.3. The Bertz CT molecular complexity index is 1120. The second kappa shape index (κ2) is 8.88. The van der Waals surface area contributed by atoms with Crippen molar-refractivity contribution in [1.29, 1.82) is 0 Å².